The average Bonchev–Trinajstić information content (AvgIpc) is 2.35. The molecule has 1 heterocycles. The number of aliphatic hydroxyl groups is 1. The summed E-state index contributed by atoms with van der Waals surface area (Å²) >= 11 is 0. The number of hydrogen-bond acceptors (Lipinski definition) is 2. The summed E-state index contributed by atoms with van der Waals surface area (Å²) in [7, 11) is 0. The first-order valence-electron chi connectivity index (χ1n) is 7.32. The van der Waals surface area contributed by atoms with Crippen LogP contribution in [0.15, 0.2) is 25.3 Å². The standard InChI is InChI=1S/C16H27NO/c1-4-10-16(18)12-13(3)17(11-5-2)15-9-7-6-8-14(15)16/h4-5,13-15,18H,1-2,6-12H2,3H3/t13?,14-,15-,16+/m0/s1. The van der Waals surface area contributed by atoms with E-state index in [4.69, 9.17) is 0 Å². The van der Waals surface area contributed by atoms with Gasteiger partial charge in [-0.05, 0) is 32.6 Å². The molecule has 1 unspecified atom stereocenters. The molecule has 2 rings (SSSR count). The zero-order chi connectivity index (χ0) is 13.2. The van der Waals surface area contributed by atoms with Crippen LogP contribution in [0.4, 0.5) is 0 Å². The normalized spacial score (nSPS) is 41.1. The maximum Gasteiger partial charge on any atom is 0.0739 e. The average molecular weight is 249 g/mol. The van der Waals surface area contributed by atoms with Crippen LogP contribution in [0.1, 0.15) is 45.4 Å². The third-order valence-corrected chi connectivity index (χ3v) is 4.90. The van der Waals surface area contributed by atoms with Crippen molar-refractivity contribution in [1.29, 1.82) is 0 Å². The lowest BCUT2D eigenvalue weighted by Crippen LogP contribution is -2.61. The van der Waals surface area contributed by atoms with Crippen LogP contribution in [-0.4, -0.2) is 34.2 Å². The van der Waals surface area contributed by atoms with Crippen molar-refractivity contribution in [3.8, 4) is 0 Å². The van der Waals surface area contributed by atoms with E-state index in [1.807, 2.05) is 12.2 Å². The summed E-state index contributed by atoms with van der Waals surface area (Å²) in [4.78, 5) is 2.55. The Morgan fingerprint density at radius 3 is 2.67 bits per heavy atom. The topological polar surface area (TPSA) is 23.5 Å². The summed E-state index contributed by atoms with van der Waals surface area (Å²) < 4.78 is 0. The number of likely N-dealkylation sites (tertiary alicyclic amines) is 1. The maximum atomic E-state index is 11.0. The molecule has 1 aliphatic carbocycles. The molecule has 1 N–H and O–H groups in total. The summed E-state index contributed by atoms with van der Waals surface area (Å²) in [5, 5.41) is 11.0. The van der Waals surface area contributed by atoms with Crippen LogP contribution in [0, 0.1) is 5.92 Å². The molecule has 18 heavy (non-hydrogen) atoms. The molecule has 0 spiro atoms. The van der Waals surface area contributed by atoms with Crippen molar-refractivity contribution in [2.45, 2.75) is 63.1 Å². The summed E-state index contributed by atoms with van der Waals surface area (Å²) in [6.07, 6.45) is 10.4. The lowest BCUT2D eigenvalue weighted by atomic mass is 9.66. The fourth-order valence-electron chi connectivity index (χ4n) is 4.19. The Morgan fingerprint density at radius 1 is 1.28 bits per heavy atom. The van der Waals surface area contributed by atoms with Gasteiger partial charge in [-0.15, -0.1) is 13.2 Å². The molecular weight excluding hydrogens is 222 g/mol. The molecule has 0 bridgehead atoms. The van der Waals surface area contributed by atoms with Gasteiger partial charge in [-0.2, -0.15) is 0 Å². The Balaban J connectivity index is 2.23. The maximum absolute atomic E-state index is 11.0. The van der Waals surface area contributed by atoms with Crippen molar-refractivity contribution in [3.05, 3.63) is 25.3 Å². The molecule has 2 aliphatic rings. The van der Waals surface area contributed by atoms with Crippen molar-refractivity contribution in [1.82, 2.24) is 4.90 Å². The molecule has 2 nitrogen and oxygen atoms in total. The van der Waals surface area contributed by atoms with E-state index >= 15 is 0 Å². The van der Waals surface area contributed by atoms with Gasteiger partial charge in [-0.1, -0.05) is 25.0 Å². The summed E-state index contributed by atoms with van der Waals surface area (Å²) in [6, 6.07) is 0.970. The van der Waals surface area contributed by atoms with E-state index in [1.165, 1.54) is 19.3 Å². The minimum Gasteiger partial charge on any atom is -0.389 e. The largest absolute Gasteiger partial charge is 0.389 e. The molecule has 2 fully saturated rings. The molecule has 2 heteroatoms. The van der Waals surface area contributed by atoms with Gasteiger partial charge < -0.3 is 5.11 Å². The Morgan fingerprint density at radius 2 is 2.00 bits per heavy atom. The Kier molecular flexibility index (Phi) is 4.29. The molecule has 0 aromatic carbocycles. The predicted molar refractivity (Wildman–Crippen MR) is 76.5 cm³/mol. The van der Waals surface area contributed by atoms with E-state index in [9.17, 15) is 5.11 Å². The lowest BCUT2D eigenvalue weighted by Gasteiger charge is -2.55. The molecule has 1 aliphatic heterocycles. The first-order chi connectivity index (χ1) is 8.62. The van der Waals surface area contributed by atoms with Gasteiger partial charge in [0.05, 0.1) is 5.60 Å². The minimum absolute atomic E-state index is 0.417. The summed E-state index contributed by atoms with van der Waals surface area (Å²) in [5.41, 5.74) is -0.524. The number of fused-ring (bicyclic) bond motifs is 1. The van der Waals surface area contributed by atoms with Gasteiger partial charge in [0.15, 0.2) is 0 Å². The minimum atomic E-state index is -0.524. The van der Waals surface area contributed by atoms with Crippen LogP contribution >= 0.6 is 0 Å². The van der Waals surface area contributed by atoms with Crippen LogP contribution in [0.25, 0.3) is 0 Å². The fraction of sp³-hybridized carbons (Fsp3) is 0.750. The third kappa shape index (κ3) is 2.41. The van der Waals surface area contributed by atoms with Crippen LogP contribution < -0.4 is 0 Å². The molecule has 0 aromatic rings. The lowest BCUT2D eigenvalue weighted by molar-refractivity contribution is -0.129. The molecule has 1 saturated carbocycles. The van der Waals surface area contributed by atoms with Crippen molar-refractivity contribution >= 4 is 0 Å². The van der Waals surface area contributed by atoms with E-state index in [0.29, 0.717) is 18.0 Å². The first-order valence-corrected chi connectivity index (χ1v) is 7.32. The summed E-state index contributed by atoms with van der Waals surface area (Å²) in [5.74, 6) is 0.417. The quantitative estimate of drug-likeness (QED) is 0.774. The van der Waals surface area contributed by atoms with E-state index in [2.05, 4.69) is 25.0 Å². The van der Waals surface area contributed by atoms with Crippen LogP contribution in [0.2, 0.25) is 0 Å². The molecular formula is C16H27NO. The number of nitrogens with zero attached hydrogens (tertiary/aromatic N) is 1. The second-order valence-electron chi connectivity index (χ2n) is 6.09. The van der Waals surface area contributed by atoms with Gasteiger partial charge in [-0.3, -0.25) is 4.90 Å². The molecule has 0 radical (unpaired) electrons. The number of hydrogen-bond donors (Lipinski definition) is 1. The fourth-order valence-corrected chi connectivity index (χ4v) is 4.19. The molecule has 0 aromatic heterocycles. The zero-order valence-corrected chi connectivity index (χ0v) is 11.6. The Bertz CT molecular complexity index is 314. The third-order valence-electron chi connectivity index (χ3n) is 4.90. The van der Waals surface area contributed by atoms with E-state index in [-0.39, 0.29) is 0 Å². The van der Waals surface area contributed by atoms with Crippen molar-refractivity contribution in [3.63, 3.8) is 0 Å². The highest BCUT2D eigenvalue weighted by atomic mass is 16.3. The van der Waals surface area contributed by atoms with E-state index < -0.39 is 5.60 Å². The molecule has 4 atom stereocenters. The second kappa shape index (κ2) is 5.58. The van der Waals surface area contributed by atoms with Gasteiger partial charge >= 0.3 is 0 Å². The van der Waals surface area contributed by atoms with E-state index in [1.54, 1.807) is 0 Å². The van der Waals surface area contributed by atoms with Gasteiger partial charge in [0.1, 0.15) is 0 Å². The highest BCUT2D eigenvalue weighted by molar-refractivity contribution is 5.06. The van der Waals surface area contributed by atoms with Crippen LogP contribution in [-0.2, 0) is 0 Å². The molecule has 1 saturated heterocycles. The predicted octanol–water partition coefficient (Wildman–Crippen LogP) is 3.13. The smallest absolute Gasteiger partial charge is 0.0739 e. The highest BCUT2D eigenvalue weighted by Gasteiger charge is 2.49. The SMILES string of the molecule is C=CCN1C(C)C[C@](O)(CC=C)[C@H]2CCCC[C@@H]21. The van der Waals surface area contributed by atoms with Crippen LogP contribution in [0.3, 0.4) is 0 Å². The zero-order valence-electron chi connectivity index (χ0n) is 11.6. The number of piperidine rings is 1. The van der Waals surface area contributed by atoms with E-state index in [0.717, 1.165) is 25.8 Å². The molecule has 102 valence electrons. The van der Waals surface area contributed by atoms with Crippen molar-refractivity contribution in [2.75, 3.05) is 6.54 Å². The number of rotatable bonds is 4. The Labute approximate surface area is 111 Å². The van der Waals surface area contributed by atoms with Gasteiger partial charge in [0.2, 0.25) is 0 Å². The van der Waals surface area contributed by atoms with Crippen molar-refractivity contribution in [2.24, 2.45) is 5.92 Å². The Hall–Kier alpha value is -0.600. The molecule has 0 amide bonds. The van der Waals surface area contributed by atoms with Gasteiger partial charge in [0.25, 0.3) is 0 Å². The second-order valence-corrected chi connectivity index (χ2v) is 6.09. The van der Waals surface area contributed by atoms with Gasteiger partial charge in [0, 0.05) is 24.5 Å². The van der Waals surface area contributed by atoms with Gasteiger partial charge in [-0.25, -0.2) is 0 Å². The summed E-state index contributed by atoms with van der Waals surface area (Å²) in [6.45, 7) is 10.9. The van der Waals surface area contributed by atoms with Crippen LogP contribution in [0.5, 0.6) is 0 Å². The van der Waals surface area contributed by atoms with Crippen molar-refractivity contribution < 1.29 is 5.11 Å². The first kappa shape index (κ1) is 13.8. The highest BCUT2D eigenvalue weighted by Crippen LogP contribution is 2.45. The monoisotopic (exact) mass is 249 g/mol.